The molecule has 3 rings (SSSR count). The first-order valence-corrected chi connectivity index (χ1v) is 7.82. The molecule has 0 fully saturated rings. The first-order valence-electron chi connectivity index (χ1n) is 7.82. The molecule has 1 amide bonds. The summed E-state index contributed by atoms with van der Waals surface area (Å²) in [5.74, 6) is -0.180. The molecule has 4 heteroatoms. The fraction of sp³-hybridized carbons (Fsp3) is 0.100. The van der Waals surface area contributed by atoms with E-state index in [1.54, 1.807) is 12.3 Å². The number of hydrogen-bond donors (Lipinski definition) is 2. The molecule has 0 saturated heterocycles. The minimum Gasteiger partial charge on any atom is -0.354 e. The maximum Gasteiger partial charge on any atom is 0.270 e. The number of hydrogen-bond acceptors (Lipinski definition) is 3. The van der Waals surface area contributed by atoms with Crippen LogP contribution < -0.4 is 10.6 Å². The highest BCUT2D eigenvalue weighted by molar-refractivity contribution is 5.92. The van der Waals surface area contributed by atoms with Crippen molar-refractivity contribution >= 4 is 17.3 Å². The summed E-state index contributed by atoms with van der Waals surface area (Å²) in [4.78, 5) is 16.4. The Labute approximate surface area is 141 Å². The van der Waals surface area contributed by atoms with Gasteiger partial charge in [0.05, 0.1) is 11.9 Å². The third kappa shape index (κ3) is 4.20. The van der Waals surface area contributed by atoms with Crippen molar-refractivity contribution in [2.75, 3.05) is 5.32 Å². The van der Waals surface area contributed by atoms with E-state index in [1.165, 1.54) is 5.56 Å². The van der Waals surface area contributed by atoms with E-state index in [1.807, 2.05) is 61.5 Å². The predicted octanol–water partition coefficient (Wildman–Crippen LogP) is 4.06. The Morgan fingerprint density at radius 2 is 1.79 bits per heavy atom. The first kappa shape index (κ1) is 15.7. The average Bonchev–Trinajstić information content (AvgIpc) is 2.61. The Morgan fingerprint density at radius 1 is 0.958 bits per heavy atom. The Morgan fingerprint density at radius 3 is 2.50 bits per heavy atom. The normalized spacial score (nSPS) is 10.2. The monoisotopic (exact) mass is 317 g/mol. The lowest BCUT2D eigenvalue weighted by atomic mass is 10.2. The van der Waals surface area contributed by atoms with Gasteiger partial charge in [-0.25, -0.2) is 4.98 Å². The molecule has 0 spiro atoms. The lowest BCUT2D eigenvalue weighted by Gasteiger charge is -2.08. The number of carbonyl (C=O) groups is 1. The molecule has 0 atom stereocenters. The quantitative estimate of drug-likeness (QED) is 0.746. The zero-order chi connectivity index (χ0) is 16.8. The van der Waals surface area contributed by atoms with Crippen LogP contribution in [0, 0.1) is 6.92 Å². The number of pyridine rings is 1. The van der Waals surface area contributed by atoms with Gasteiger partial charge in [-0.1, -0.05) is 42.5 Å². The summed E-state index contributed by atoms with van der Waals surface area (Å²) < 4.78 is 0. The second kappa shape index (κ2) is 7.42. The molecule has 4 nitrogen and oxygen atoms in total. The van der Waals surface area contributed by atoms with E-state index in [4.69, 9.17) is 0 Å². The molecule has 1 aromatic heterocycles. The predicted molar refractivity (Wildman–Crippen MR) is 96.3 cm³/mol. The van der Waals surface area contributed by atoms with Crippen LogP contribution in [0.5, 0.6) is 0 Å². The fourth-order valence-electron chi connectivity index (χ4n) is 2.36. The summed E-state index contributed by atoms with van der Waals surface area (Å²) in [5.41, 5.74) is 4.49. The molecule has 0 aliphatic rings. The molecule has 2 aromatic carbocycles. The van der Waals surface area contributed by atoms with Crippen LogP contribution in [0.25, 0.3) is 0 Å². The van der Waals surface area contributed by atoms with E-state index >= 15 is 0 Å². The van der Waals surface area contributed by atoms with E-state index in [0.717, 1.165) is 16.9 Å². The number of anilines is 2. The summed E-state index contributed by atoms with van der Waals surface area (Å²) in [6.45, 7) is 2.54. The molecule has 0 aliphatic heterocycles. The molecule has 0 aliphatic carbocycles. The zero-order valence-electron chi connectivity index (χ0n) is 13.5. The van der Waals surface area contributed by atoms with Crippen LogP contribution in [0.1, 0.15) is 21.6 Å². The van der Waals surface area contributed by atoms with Gasteiger partial charge in [0.25, 0.3) is 5.91 Å². The Kier molecular flexibility index (Phi) is 4.87. The van der Waals surface area contributed by atoms with Gasteiger partial charge in [-0.05, 0) is 42.3 Å². The van der Waals surface area contributed by atoms with Crippen molar-refractivity contribution in [2.24, 2.45) is 0 Å². The van der Waals surface area contributed by atoms with Gasteiger partial charge in [-0.3, -0.25) is 4.79 Å². The van der Waals surface area contributed by atoms with Crippen molar-refractivity contribution in [1.29, 1.82) is 0 Å². The van der Waals surface area contributed by atoms with E-state index < -0.39 is 0 Å². The highest BCUT2D eigenvalue weighted by atomic mass is 16.1. The molecule has 0 bridgehead atoms. The van der Waals surface area contributed by atoms with Crippen LogP contribution in [-0.2, 0) is 6.54 Å². The van der Waals surface area contributed by atoms with Gasteiger partial charge >= 0.3 is 0 Å². The van der Waals surface area contributed by atoms with Crippen LogP contribution in [0.3, 0.4) is 0 Å². The minimum atomic E-state index is -0.180. The Balaban J connectivity index is 1.60. The summed E-state index contributed by atoms with van der Waals surface area (Å²) in [6.07, 6.45) is 1.67. The van der Waals surface area contributed by atoms with Gasteiger partial charge < -0.3 is 10.6 Å². The van der Waals surface area contributed by atoms with Gasteiger partial charge in [-0.15, -0.1) is 0 Å². The van der Waals surface area contributed by atoms with Gasteiger partial charge in [0.15, 0.2) is 0 Å². The fourth-order valence-corrected chi connectivity index (χ4v) is 2.36. The number of benzene rings is 2. The van der Waals surface area contributed by atoms with Crippen LogP contribution in [0.2, 0.25) is 0 Å². The number of amides is 1. The van der Waals surface area contributed by atoms with Gasteiger partial charge in [0.1, 0.15) is 5.69 Å². The van der Waals surface area contributed by atoms with Gasteiger partial charge in [0, 0.05) is 12.2 Å². The van der Waals surface area contributed by atoms with E-state index in [9.17, 15) is 4.79 Å². The van der Waals surface area contributed by atoms with Crippen molar-refractivity contribution < 1.29 is 4.79 Å². The van der Waals surface area contributed by atoms with E-state index in [0.29, 0.717) is 12.2 Å². The molecule has 0 unspecified atom stereocenters. The van der Waals surface area contributed by atoms with Gasteiger partial charge in [0.2, 0.25) is 0 Å². The van der Waals surface area contributed by atoms with Gasteiger partial charge in [-0.2, -0.15) is 0 Å². The third-order valence-electron chi connectivity index (χ3n) is 3.60. The lowest BCUT2D eigenvalue weighted by molar-refractivity contribution is 0.0946. The maximum atomic E-state index is 12.1. The van der Waals surface area contributed by atoms with Crippen molar-refractivity contribution in [3.8, 4) is 0 Å². The van der Waals surface area contributed by atoms with E-state index in [-0.39, 0.29) is 5.91 Å². The molecule has 120 valence electrons. The number of nitrogens with zero attached hydrogens (tertiary/aromatic N) is 1. The number of aromatic nitrogens is 1. The van der Waals surface area contributed by atoms with Crippen molar-refractivity contribution in [3.63, 3.8) is 0 Å². The number of rotatable bonds is 5. The minimum absolute atomic E-state index is 0.180. The van der Waals surface area contributed by atoms with Crippen LogP contribution in [-0.4, -0.2) is 10.9 Å². The Bertz CT molecular complexity index is 814. The largest absolute Gasteiger partial charge is 0.354 e. The summed E-state index contributed by atoms with van der Waals surface area (Å²) >= 11 is 0. The molecule has 0 saturated carbocycles. The SMILES string of the molecule is Cc1cccc(Nc2ccc(C(=O)NCc3ccccc3)nc2)c1. The topological polar surface area (TPSA) is 54.0 Å². The average molecular weight is 317 g/mol. The molecular formula is C20H19N3O. The summed E-state index contributed by atoms with van der Waals surface area (Å²) in [5, 5.41) is 6.14. The zero-order valence-corrected chi connectivity index (χ0v) is 13.5. The smallest absolute Gasteiger partial charge is 0.270 e. The second-order valence-electron chi connectivity index (χ2n) is 5.59. The van der Waals surface area contributed by atoms with Crippen molar-refractivity contribution in [2.45, 2.75) is 13.5 Å². The summed E-state index contributed by atoms with van der Waals surface area (Å²) in [7, 11) is 0. The molecule has 3 aromatic rings. The van der Waals surface area contributed by atoms with E-state index in [2.05, 4.69) is 21.7 Å². The molecule has 2 N–H and O–H groups in total. The van der Waals surface area contributed by atoms with Crippen LogP contribution >= 0.6 is 0 Å². The molecule has 1 heterocycles. The number of nitrogens with one attached hydrogen (secondary N) is 2. The molecule has 0 radical (unpaired) electrons. The van der Waals surface area contributed by atoms with Crippen molar-refractivity contribution in [1.82, 2.24) is 10.3 Å². The Hall–Kier alpha value is -3.14. The standard InChI is InChI=1S/C20H19N3O/c1-15-6-5-9-17(12-15)23-18-10-11-19(21-14-18)20(24)22-13-16-7-3-2-4-8-16/h2-12,14,23H,13H2,1H3,(H,22,24). The highest BCUT2D eigenvalue weighted by Crippen LogP contribution is 2.16. The second-order valence-corrected chi connectivity index (χ2v) is 5.59. The lowest BCUT2D eigenvalue weighted by Crippen LogP contribution is -2.23. The van der Waals surface area contributed by atoms with Crippen molar-refractivity contribution in [3.05, 3.63) is 89.7 Å². The van der Waals surface area contributed by atoms with Crippen LogP contribution in [0.4, 0.5) is 11.4 Å². The summed E-state index contributed by atoms with van der Waals surface area (Å²) in [6, 6.07) is 21.5. The first-order chi connectivity index (χ1) is 11.7. The molecular weight excluding hydrogens is 298 g/mol. The highest BCUT2D eigenvalue weighted by Gasteiger charge is 2.07. The maximum absolute atomic E-state index is 12.1. The van der Waals surface area contributed by atoms with Crippen LogP contribution in [0.15, 0.2) is 72.9 Å². The molecule has 24 heavy (non-hydrogen) atoms. The number of carbonyl (C=O) groups excluding carboxylic acids is 1. The number of aryl methyl sites for hydroxylation is 1. The third-order valence-corrected chi connectivity index (χ3v) is 3.60.